The number of aromatic nitrogens is 4. The SMILES string of the molecule is CCCc1nc(N)cc(-n2cnc3c2CCCC3)n1. The summed E-state index contributed by atoms with van der Waals surface area (Å²) in [5.41, 5.74) is 8.38. The van der Waals surface area contributed by atoms with Gasteiger partial charge >= 0.3 is 0 Å². The zero-order valence-corrected chi connectivity index (χ0v) is 11.3. The molecule has 0 amide bonds. The van der Waals surface area contributed by atoms with Crippen LogP contribution in [0, 0.1) is 0 Å². The summed E-state index contributed by atoms with van der Waals surface area (Å²) in [5, 5.41) is 0. The van der Waals surface area contributed by atoms with Gasteiger partial charge in [-0.1, -0.05) is 6.92 Å². The van der Waals surface area contributed by atoms with Crippen LogP contribution in [0.5, 0.6) is 0 Å². The Balaban J connectivity index is 2.04. The minimum atomic E-state index is 0.534. The Morgan fingerprint density at radius 1 is 1.26 bits per heavy atom. The molecule has 5 heteroatoms. The molecular weight excluding hydrogens is 238 g/mol. The highest BCUT2D eigenvalue weighted by Crippen LogP contribution is 2.22. The van der Waals surface area contributed by atoms with Crippen LogP contribution in [0.4, 0.5) is 5.82 Å². The summed E-state index contributed by atoms with van der Waals surface area (Å²) in [6.45, 7) is 2.12. The Morgan fingerprint density at radius 3 is 2.95 bits per heavy atom. The highest BCUT2D eigenvalue weighted by molar-refractivity contribution is 5.39. The molecule has 100 valence electrons. The van der Waals surface area contributed by atoms with Crippen LogP contribution in [0.1, 0.15) is 43.4 Å². The van der Waals surface area contributed by atoms with Crippen molar-refractivity contribution >= 4 is 5.82 Å². The number of aryl methyl sites for hydroxylation is 2. The van der Waals surface area contributed by atoms with Gasteiger partial charge in [0.15, 0.2) is 0 Å². The molecule has 0 aliphatic heterocycles. The van der Waals surface area contributed by atoms with Crippen LogP contribution in [-0.4, -0.2) is 19.5 Å². The van der Waals surface area contributed by atoms with E-state index in [-0.39, 0.29) is 0 Å². The molecule has 2 N–H and O–H groups in total. The van der Waals surface area contributed by atoms with Crippen molar-refractivity contribution in [3.8, 4) is 5.82 Å². The van der Waals surface area contributed by atoms with Crippen LogP contribution in [0.3, 0.4) is 0 Å². The molecule has 0 saturated heterocycles. The van der Waals surface area contributed by atoms with Crippen LogP contribution in [-0.2, 0) is 19.3 Å². The van der Waals surface area contributed by atoms with Gasteiger partial charge in [-0.3, -0.25) is 4.57 Å². The zero-order valence-electron chi connectivity index (χ0n) is 11.3. The van der Waals surface area contributed by atoms with E-state index in [0.29, 0.717) is 5.82 Å². The maximum Gasteiger partial charge on any atom is 0.143 e. The zero-order chi connectivity index (χ0) is 13.2. The number of nitrogens with two attached hydrogens (primary N) is 1. The van der Waals surface area contributed by atoms with Crippen molar-refractivity contribution in [2.75, 3.05) is 5.73 Å². The highest BCUT2D eigenvalue weighted by atomic mass is 15.1. The number of rotatable bonds is 3. The van der Waals surface area contributed by atoms with Crippen molar-refractivity contribution < 1.29 is 0 Å². The number of hydrogen-bond donors (Lipinski definition) is 1. The van der Waals surface area contributed by atoms with Gasteiger partial charge in [-0.15, -0.1) is 0 Å². The third-order valence-electron chi connectivity index (χ3n) is 3.53. The summed E-state index contributed by atoms with van der Waals surface area (Å²) in [7, 11) is 0. The number of nitrogen functional groups attached to an aromatic ring is 1. The maximum atomic E-state index is 5.89. The van der Waals surface area contributed by atoms with Crippen LogP contribution in [0.2, 0.25) is 0 Å². The molecular formula is C14H19N5. The lowest BCUT2D eigenvalue weighted by Crippen LogP contribution is -2.10. The van der Waals surface area contributed by atoms with Gasteiger partial charge in [0.05, 0.1) is 5.69 Å². The van der Waals surface area contributed by atoms with Crippen LogP contribution in [0.25, 0.3) is 5.82 Å². The van der Waals surface area contributed by atoms with Crippen molar-refractivity contribution in [1.82, 2.24) is 19.5 Å². The number of anilines is 1. The van der Waals surface area contributed by atoms with E-state index in [2.05, 4.69) is 26.4 Å². The Morgan fingerprint density at radius 2 is 2.11 bits per heavy atom. The second kappa shape index (κ2) is 4.99. The van der Waals surface area contributed by atoms with E-state index in [1.165, 1.54) is 24.2 Å². The van der Waals surface area contributed by atoms with E-state index in [1.54, 1.807) is 0 Å². The van der Waals surface area contributed by atoms with Gasteiger partial charge in [-0.2, -0.15) is 0 Å². The van der Waals surface area contributed by atoms with Gasteiger partial charge in [-0.25, -0.2) is 15.0 Å². The van der Waals surface area contributed by atoms with Gasteiger partial charge in [0.2, 0.25) is 0 Å². The minimum absolute atomic E-state index is 0.534. The molecule has 0 atom stereocenters. The first-order chi connectivity index (χ1) is 9.28. The molecule has 0 aromatic carbocycles. The third kappa shape index (κ3) is 2.32. The van der Waals surface area contributed by atoms with Crippen molar-refractivity contribution in [3.63, 3.8) is 0 Å². The summed E-state index contributed by atoms with van der Waals surface area (Å²) in [6.07, 6.45) is 8.35. The highest BCUT2D eigenvalue weighted by Gasteiger charge is 2.17. The lowest BCUT2D eigenvalue weighted by molar-refractivity contribution is 0.653. The topological polar surface area (TPSA) is 69.6 Å². The largest absolute Gasteiger partial charge is 0.384 e. The molecule has 1 aliphatic rings. The molecule has 0 bridgehead atoms. The fraction of sp³-hybridized carbons (Fsp3) is 0.500. The number of hydrogen-bond acceptors (Lipinski definition) is 4. The Kier molecular flexibility index (Phi) is 3.19. The van der Waals surface area contributed by atoms with Crippen molar-refractivity contribution in [1.29, 1.82) is 0 Å². The van der Waals surface area contributed by atoms with Crippen LogP contribution >= 0.6 is 0 Å². The van der Waals surface area contributed by atoms with Crippen molar-refractivity contribution in [3.05, 3.63) is 29.6 Å². The van der Waals surface area contributed by atoms with E-state index in [4.69, 9.17) is 5.73 Å². The van der Waals surface area contributed by atoms with Gasteiger partial charge in [0.1, 0.15) is 23.8 Å². The van der Waals surface area contributed by atoms with Crippen molar-refractivity contribution in [2.24, 2.45) is 0 Å². The summed E-state index contributed by atoms with van der Waals surface area (Å²) in [6, 6.07) is 1.83. The molecule has 2 heterocycles. The average molecular weight is 257 g/mol. The fourth-order valence-electron chi connectivity index (χ4n) is 2.63. The van der Waals surface area contributed by atoms with Gasteiger partial charge < -0.3 is 5.73 Å². The molecule has 0 fully saturated rings. The molecule has 2 aromatic rings. The maximum absolute atomic E-state index is 5.89. The summed E-state index contributed by atoms with van der Waals surface area (Å²) in [5.74, 6) is 2.20. The van der Waals surface area contributed by atoms with Gasteiger partial charge in [0.25, 0.3) is 0 Å². The predicted molar refractivity (Wildman–Crippen MR) is 74.2 cm³/mol. The quantitative estimate of drug-likeness (QED) is 0.914. The molecule has 0 saturated carbocycles. The van der Waals surface area contributed by atoms with E-state index in [0.717, 1.165) is 37.3 Å². The van der Waals surface area contributed by atoms with E-state index in [1.807, 2.05) is 12.4 Å². The lowest BCUT2D eigenvalue weighted by Gasteiger charge is -2.14. The molecule has 5 nitrogen and oxygen atoms in total. The Labute approximate surface area is 112 Å². The number of imidazole rings is 1. The minimum Gasteiger partial charge on any atom is -0.384 e. The molecule has 2 aromatic heterocycles. The summed E-state index contributed by atoms with van der Waals surface area (Å²) >= 11 is 0. The van der Waals surface area contributed by atoms with E-state index < -0.39 is 0 Å². The molecule has 3 rings (SSSR count). The first kappa shape index (κ1) is 12.1. The first-order valence-electron chi connectivity index (χ1n) is 6.97. The monoisotopic (exact) mass is 257 g/mol. The Hall–Kier alpha value is -1.91. The number of nitrogens with zero attached hydrogens (tertiary/aromatic N) is 4. The van der Waals surface area contributed by atoms with E-state index in [9.17, 15) is 0 Å². The molecule has 1 aliphatic carbocycles. The normalized spacial score (nSPS) is 14.4. The molecule has 0 unspecified atom stereocenters. The molecule has 0 spiro atoms. The molecule has 0 radical (unpaired) electrons. The van der Waals surface area contributed by atoms with Crippen molar-refractivity contribution in [2.45, 2.75) is 45.4 Å². The van der Waals surface area contributed by atoms with Crippen LogP contribution in [0.15, 0.2) is 12.4 Å². The number of fused-ring (bicyclic) bond motifs is 1. The van der Waals surface area contributed by atoms with Gasteiger partial charge in [0, 0.05) is 18.2 Å². The van der Waals surface area contributed by atoms with Gasteiger partial charge in [-0.05, 0) is 32.1 Å². The van der Waals surface area contributed by atoms with E-state index >= 15 is 0 Å². The Bertz CT molecular complexity index is 588. The third-order valence-corrected chi connectivity index (χ3v) is 3.53. The lowest BCUT2D eigenvalue weighted by atomic mass is 10.0. The predicted octanol–water partition coefficient (Wildman–Crippen LogP) is 2.08. The molecule has 19 heavy (non-hydrogen) atoms. The first-order valence-corrected chi connectivity index (χ1v) is 6.97. The standard InChI is InChI=1S/C14H19N5/c1-2-5-13-17-12(15)8-14(18-13)19-9-16-10-6-3-4-7-11(10)19/h8-9H,2-7H2,1H3,(H2,15,17,18). The fourth-order valence-corrected chi connectivity index (χ4v) is 2.63. The van der Waals surface area contributed by atoms with Crippen LogP contribution < -0.4 is 5.73 Å². The summed E-state index contributed by atoms with van der Waals surface area (Å²) in [4.78, 5) is 13.4. The average Bonchev–Trinajstić information content (AvgIpc) is 2.82. The smallest absolute Gasteiger partial charge is 0.143 e. The second-order valence-corrected chi connectivity index (χ2v) is 5.03. The summed E-state index contributed by atoms with van der Waals surface area (Å²) < 4.78 is 2.08. The second-order valence-electron chi connectivity index (χ2n) is 5.03.